The fraction of sp³-hybridized carbons (Fsp3) is 0.895. The van der Waals surface area contributed by atoms with Crippen molar-refractivity contribution in [3.05, 3.63) is 12.2 Å². The molecule has 2 aliphatic rings. The number of allylic oxidation sites excluding steroid dienone is 1. The predicted octanol–water partition coefficient (Wildman–Crippen LogP) is 5.19. The summed E-state index contributed by atoms with van der Waals surface area (Å²) in [5.74, 6) is 2.87. The van der Waals surface area contributed by atoms with Crippen LogP contribution in [-0.2, 0) is 0 Å². The van der Waals surface area contributed by atoms with Crippen molar-refractivity contribution >= 4 is 0 Å². The molecule has 0 amide bonds. The molecule has 0 saturated heterocycles. The van der Waals surface area contributed by atoms with Gasteiger partial charge in [-0.05, 0) is 55.3 Å². The first-order valence-corrected chi connectivity index (χ1v) is 8.67. The van der Waals surface area contributed by atoms with Gasteiger partial charge in [0.05, 0.1) is 5.60 Å². The highest BCUT2D eigenvalue weighted by atomic mass is 16.3. The molecule has 0 aliphatic heterocycles. The molecule has 2 aliphatic carbocycles. The fourth-order valence-electron chi connectivity index (χ4n) is 5.17. The number of aliphatic hydroxyl groups is 1. The van der Waals surface area contributed by atoms with Gasteiger partial charge in [-0.2, -0.15) is 0 Å². The number of rotatable bonds is 5. The summed E-state index contributed by atoms with van der Waals surface area (Å²) in [6, 6.07) is 0. The molecule has 5 atom stereocenters. The zero-order chi connectivity index (χ0) is 15.0. The second-order valence-electron chi connectivity index (χ2n) is 8.38. The highest BCUT2D eigenvalue weighted by Crippen LogP contribution is 2.59. The van der Waals surface area contributed by atoms with Crippen molar-refractivity contribution < 1.29 is 5.11 Å². The van der Waals surface area contributed by atoms with Crippen LogP contribution in [0.1, 0.15) is 73.1 Å². The monoisotopic (exact) mass is 279 g/mol. The van der Waals surface area contributed by atoms with E-state index in [-0.39, 0.29) is 0 Å². The van der Waals surface area contributed by atoms with Gasteiger partial charge in [0.25, 0.3) is 0 Å². The fourth-order valence-corrected chi connectivity index (χ4v) is 5.17. The van der Waals surface area contributed by atoms with Crippen LogP contribution in [0.3, 0.4) is 0 Å². The van der Waals surface area contributed by atoms with Gasteiger partial charge in [-0.3, -0.25) is 0 Å². The van der Waals surface area contributed by atoms with Gasteiger partial charge in [0.1, 0.15) is 0 Å². The normalized spacial score (nSPS) is 42.0. The van der Waals surface area contributed by atoms with E-state index < -0.39 is 5.60 Å². The minimum Gasteiger partial charge on any atom is -0.386 e. The van der Waals surface area contributed by atoms with E-state index in [4.69, 9.17) is 0 Å². The average Bonchev–Trinajstić information content (AvgIpc) is 2.67. The molecule has 1 fully saturated rings. The predicted molar refractivity (Wildman–Crippen MR) is 86.6 cm³/mol. The van der Waals surface area contributed by atoms with Crippen molar-refractivity contribution in [3.8, 4) is 0 Å². The molecule has 0 aromatic carbocycles. The molecule has 20 heavy (non-hydrogen) atoms. The van der Waals surface area contributed by atoms with Crippen molar-refractivity contribution in [2.45, 2.75) is 78.7 Å². The molecule has 1 N–H and O–H groups in total. The Bertz CT molecular complexity index is 355. The maximum atomic E-state index is 10.7. The second-order valence-corrected chi connectivity index (χ2v) is 8.38. The van der Waals surface area contributed by atoms with Crippen molar-refractivity contribution in [1.29, 1.82) is 0 Å². The van der Waals surface area contributed by atoms with E-state index >= 15 is 0 Å². The Morgan fingerprint density at radius 3 is 2.50 bits per heavy atom. The first kappa shape index (κ1) is 16.1. The van der Waals surface area contributed by atoms with Crippen LogP contribution >= 0.6 is 0 Å². The van der Waals surface area contributed by atoms with Crippen LogP contribution in [0.2, 0.25) is 0 Å². The lowest BCUT2D eigenvalue weighted by molar-refractivity contribution is -0.0349. The third kappa shape index (κ3) is 2.98. The Kier molecular flexibility index (Phi) is 4.69. The van der Waals surface area contributed by atoms with Crippen LogP contribution in [0.4, 0.5) is 0 Å². The summed E-state index contributed by atoms with van der Waals surface area (Å²) in [4.78, 5) is 0. The Morgan fingerprint density at radius 1 is 1.15 bits per heavy atom. The Balaban J connectivity index is 2.02. The molecule has 1 heteroatoms. The van der Waals surface area contributed by atoms with Gasteiger partial charge in [-0.1, -0.05) is 59.1 Å². The van der Waals surface area contributed by atoms with Crippen LogP contribution < -0.4 is 0 Å². The quantitative estimate of drug-likeness (QED) is 0.542. The summed E-state index contributed by atoms with van der Waals surface area (Å²) < 4.78 is 0. The third-order valence-corrected chi connectivity index (χ3v) is 6.26. The average molecular weight is 279 g/mol. The van der Waals surface area contributed by atoms with Crippen LogP contribution in [0.15, 0.2) is 12.2 Å². The van der Waals surface area contributed by atoms with Crippen LogP contribution in [0.5, 0.6) is 0 Å². The molecule has 0 aromatic rings. The van der Waals surface area contributed by atoms with Gasteiger partial charge < -0.3 is 5.11 Å². The van der Waals surface area contributed by atoms with Crippen molar-refractivity contribution in [1.82, 2.24) is 0 Å². The SMILES string of the molecule is CC(C)CCC[C@@H](C)[C@H]1CC[C@@H]2[C@]1(C)CC=C[C@]2([13CH3])O. The van der Waals surface area contributed by atoms with Crippen LogP contribution in [-0.4, -0.2) is 10.7 Å². The lowest BCUT2D eigenvalue weighted by Gasteiger charge is -2.47. The van der Waals surface area contributed by atoms with E-state index in [0.717, 1.165) is 24.2 Å². The lowest BCUT2D eigenvalue weighted by Crippen LogP contribution is -2.45. The molecular formula is C19H34O. The van der Waals surface area contributed by atoms with E-state index in [1.54, 1.807) is 0 Å². The molecule has 1 nitrogen and oxygen atoms in total. The Morgan fingerprint density at radius 2 is 1.85 bits per heavy atom. The van der Waals surface area contributed by atoms with Crippen molar-refractivity contribution in [2.24, 2.45) is 29.1 Å². The molecule has 0 unspecified atom stereocenters. The molecule has 0 bridgehead atoms. The number of fused-ring (bicyclic) bond motifs is 1. The van der Waals surface area contributed by atoms with Gasteiger partial charge in [-0.15, -0.1) is 0 Å². The van der Waals surface area contributed by atoms with E-state index in [1.165, 1.54) is 32.1 Å². The Labute approximate surface area is 125 Å². The summed E-state index contributed by atoms with van der Waals surface area (Å²) in [6.45, 7) is 11.5. The van der Waals surface area contributed by atoms with Gasteiger partial charge in [0.2, 0.25) is 0 Å². The summed E-state index contributed by atoms with van der Waals surface area (Å²) in [7, 11) is 0. The van der Waals surface area contributed by atoms with Crippen LogP contribution in [0, 0.1) is 29.1 Å². The number of hydrogen-bond donors (Lipinski definition) is 1. The topological polar surface area (TPSA) is 20.2 Å². The first-order chi connectivity index (χ1) is 9.27. The van der Waals surface area contributed by atoms with E-state index in [1.807, 2.05) is 13.0 Å². The first-order valence-electron chi connectivity index (χ1n) is 8.67. The molecule has 0 spiro atoms. The number of hydrogen-bond acceptors (Lipinski definition) is 1. The smallest absolute Gasteiger partial charge is 0.0833 e. The van der Waals surface area contributed by atoms with E-state index in [9.17, 15) is 5.11 Å². The van der Waals surface area contributed by atoms with Crippen molar-refractivity contribution in [2.75, 3.05) is 0 Å². The molecule has 0 radical (unpaired) electrons. The summed E-state index contributed by atoms with van der Waals surface area (Å²) in [5, 5.41) is 10.7. The Hall–Kier alpha value is -0.300. The highest BCUT2D eigenvalue weighted by molar-refractivity contribution is 5.17. The zero-order valence-corrected chi connectivity index (χ0v) is 14.2. The summed E-state index contributed by atoms with van der Waals surface area (Å²) in [6.07, 6.45) is 12.0. The third-order valence-electron chi connectivity index (χ3n) is 6.26. The van der Waals surface area contributed by atoms with Gasteiger partial charge in [-0.25, -0.2) is 0 Å². The summed E-state index contributed by atoms with van der Waals surface area (Å²) in [5.41, 5.74) is -0.269. The molecular weight excluding hydrogens is 245 g/mol. The minimum absolute atomic E-state index is 0.315. The van der Waals surface area contributed by atoms with Crippen molar-refractivity contribution in [3.63, 3.8) is 0 Å². The van der Waals surface area contributed by atoms with Gasteiger partial charge in [0, 0.05) is 0 Å². The molecule has 0 heterocycles. The van der Waals surface area contributed by atoms with Crippen LogP contribution in [0.25, 0.3) is 0 Å². The highest BCUT2D eigenvalue weighted by Gasteiger charge is 2.54. The maximum absolute atomic E-state index is 10.7. The molecule has 0 aromatic heterocycles. The van der Waals surface area contributed by atoms with E-state index in [0.29, 0.717) is 11.3 Å². The molecule has 116 valence electrons. The summed E-state index contributed by atoms with van der Waals surface area (Å²) >= 11 is 0. The molecule has 2 rings (SSSR count). The standard InChI is InChI=1S/C19H34O/c1-14(2)8-6-9-15(3)16-10-11-17-18(16,4)12-7-13-19(17,5)20/h7,13-17,20H,6,8-12H2,1-5H3/t15-,16-,17-,18-,19+/m1/s1/i5+1. The second kappa shape index (κ2) is 5.83. The minimum atomic E-state index is -0.584. The van der Waals surface area contributed by atoms with Gasteiger partial charge >= 0.3 is 0 Å². The maximum Gasteiger partial charge on any atom is 0.0833 e. The largest absolute Gasteiger partial charge is 0.386 e. The van der Waals surface area contributed by atoms with E-state index in [2.05, 4.69) is 33.8 Å². The van der Waals surface area contributed by atoms with Gasteiger partial charge in [0.15, 0.2) is 0 Å². The zero-order valence-electron chi connectivity index (χ0n) is 14.2. The lowest BCUT2D eigenvalue weighted by atomic mass is 9.61. The molecule has 1 saturated carbocycles.